The van der Waals surface area contributed by atoms with Gasteiger partial charge in [0.1, 0.15) is 0 Å². The van der Waals surface area contributed by atoms with Crippen LogP contribution in [0.4, 0.5) is 4.39 Å². The molecule has 1 aromatic heterocycles. The van der Waals surface area contributed by atoms with Crippen molar-refractivity contribution in [2.75, 3.05) is 6.54 Å². The van der Waals surface area contributed by atoms with Crippen molar-refractivity contribution in [2.45, 2.75) is 13.3 Å². The van der Waals surface area contributed by atoms with E-state index in [1.165, 1.54) is 12.3 Å². The summed E-state index contributed by atoms with van der Waals surface area (Å²) in [7, 11) is 0. The van der Waals surface area contributed by atoms with Gasteiger partial charge in [-0.3, -0.25) is 9.78 Å². The number of nitrogens with one attached hydrogen (secondary N) is 1. The number of carbonyl (C=O) groups excluding carboxylic acids is 1. The normalized spacial score (nSPS) is 8.93. The third kappa shape index (κ3) is 3.39. The Morgan fingerprint density at radius 3 is 3.13 bits per heavy atom. The summed E-state index contributed by atoms with van der Waals surface area (Å²) in [4.78, 5) is 15.0. The summed E-state index contributed by atoms with van der Waals surface area (Å²) in [6.07, 6.45) is 2.96. The van der Waals surface area contributed by atoms with E-state index in [0.29, 0.717) is 13.0 Å². The van der Waals surface area contributed by atoms with Crippen LogP contribution in [-0.4, -0.2) is 17.4 Å². The van der Waals surface area contributed by atoms with Gasteiger partial charge < -0.3 is 5.32 Å². The lowest BCUT2D eigenvalue weighted by Crippen LogP contribution is -2.25. The molecule has 1 amide bonds. The Bertz CT molecular complexity index is 407. The van der Waals surface area contributed by atoms with Crippen LogP contribution in [-0.2, 0) is 0 Å². The standard InChI is InChI=1S/C11H11FN2O/c1-2-3-4-6-14-11(15)9-5-7-13-8-10(9)12/h5,7-8H,4,6H2,1H3,(H,14,15). The molecule has 0 saturated heterocycles. The number of carbonyl (C=O) groups is 1. The van der Waals surface area contributed by atoms with Gasteiger partial charge in [-0.2, -0.15) is 0 Å². The highest BCUT2D eigenvalue weighted by Crippen LogP contribution is 2.03. The summed E-state index contributed by atoms with van der Waals surface area (Å²) >= 11 is 0. The lowest BCUT2D eigenvalue weighted by Gasteiger charge is -2.02. The SMILES string of the molecule is CC#CCCNC(=O)c1ccncc1F. The Kier molecular flexibility index (Phi) is 4.30. The molecule has 78 valence electrons. The van der Waals surface area contributed by atoms with Crippen LogP contribution in [0.15, 0.2) is 18.5 Å². The maximum atomic E-state index is 13.1. The summed E-state index contributed by atoms with van der Waals surface area (Å²) in [6, 6.07) is 1.34. The summed E-state index contributed by atoms with van der Waals surface area (Å²) in [6.45, 7) is 2.14. The fraction of sp³-hybridized carbons (Fsp3) is 0.273. The van der Waals surface area contributed by atoms with Gasteiger partial charge in [0.2, 0.25) is 0 Å². The van der Waals surface area contributed by atoms with Gasteiger partial charge in [0.05, 0.1) is 11.8 Å². The Balaban J connectivity index is 2.53. The highest BCUT2D eigenvalue weighted by atomic mass is 19.1. The van der Waals surface area contributed by atoms with E-state index in [4.69, 9.17) is 0 Å². The molecule has 1 heterocycles. The van der Waals surface area contributed by atoms with Crippen LogP contribution in [0, 0.1) is 17.7 Å². The summed E-state index contributed by atoms with van der Waals surface area (Å²) < 4.78 is 13.1. The van der Waals surface area contributed by atoms with Gasteiger partial charge in [-0.05, 0) is 13.0 Å². The lowest BCUT2D eigenvalue weighted by atomic mass is 10.2. The molecule has 0 aromatic carbocycles. The van der Waals surface area contributed by atoms with Crippen LogP contribution in [0.3, 0.4) is 0 Å². The van der Waals surface area contributed by atoms with E-state index < -0.39 is 11.7 Å². The molecule has 0 aliphatic carbocycles. The molecule has 0 fully saturated rings. The molecule has 0 aliphatic heterocycles. The van der Waals surface area contributed by atoms with Gasteiger partial charge >= 0.3 is 0 Å². The molecule has 1 N–H and O–H groups in total. The first-order valence-corrected chi connectivity index (χ1v) is 4.53. The van der Waals surface area contributed by atoms with Crippen LogP contribution >= 0.6 is 0 Å². The first-order valence-electron chi connectivity index (χ1n) is 4.53. The number of nitrogens with zero attached hydrogens (tertiary/aromatic N) is 1. The summed E-state index contributed by atoms with van der Waals surface area (Å²) in [5.74, 6) is 4.45. The minimum Gasteiger partial charge on any atom is -0.351 e. The Labute approximate surface area is 87.7 Å². The molecule has 0 bridgehead atoms. The van der Waals surface area contributed by atoms with E-state index in [-0.39, 0.29) is 5.56 Å². The topological polar surface area (TPSA) is 42.0 Å². The third-order valence-electron chi connectivity index (χ3n) is 1.73. The van der Waals surface area contributed by atoms with E-state index >= 15 is 0 Å². The predicted molar refractivity (Wildman–Crippen MR) is 54.6 cm³/mol. The Morgan fingerprint density at radius 2 is 2.47 bits per heavy atom. The summed E-state index contributed by atoms with van der Waals surface area (Å²) in [5.41, 5.74) is 0.00876. The average Bonchev–Trinajstić information content (AvgIpc) is 2.25. The molecule has 1 aromatic rings. The van der Waals surface area contributed by atoms with Crippen molar-refractivity contribution in [3.8, 4) is 11.8 Å². The minimum absolute atomic E-state index is 0.00876. The van der Waals surface area contributed by atoms with E-state index in [0.717, 1.165) is 6.20 Å². The van der Waals surface area contributed by atoms with Crippen LogP contribution < -0.4 is 5.32 Å². The fourth-order valence-electron chi connectivity index (χ4n) is 1.02. The predicted octanol–water partition coefficient (Wildman–Crippen LogP) is 1.36. The molecule has 15 heavy (non-hydrogen) atoms. The zero-order valence-corrected chi connectivity index (χ0v) is 8.38. The molecule has 0 aliphatic rings. The van der Waals surface area contributed by atoms with Crippen molar-refractivity contribution in [3.05, 3.63) is 29.8 Å². The maximum absolute atomic E-state index is 13.1. The van der Waals surface area contributed by atoms with E-state index in [9.17, 15) is 9.18 Å². The average molecular weight is 206 g/mol. The molecule has 4 heteroatoms. The van der Waals surface area contributed by atoms with Gasteiger partial charge in [-0.15, -0.1) is 11.8 Å². The molecule has 0 spiro atoms. The van der Waals surface area contributed by atoms with E-state index in [1.807, 2.05) is 0 Å². The van der Waals surface area contributed by atoms with Crippen LogP contribution in [0.1, 0.15) is 23.7 Å². The zero-order valence-electron chi connectivity index (χ0n) is 8.38. The molecule has 0 saturated carbocycles. The van der Waals surface area contributed by atoms with Gasteiger partial charge in [-0.25, -0.2) is 4.39 Å². The smallest absolute Gasteiger partial charge is 0.254 e. The Morgan fingerprint density at radius 1 is 1.67 bits per heavy atom. The van der Waals surface area contributed by atoms with Crippen LogP contribution in [0.25, 0.3) is 0 Å². The second-order valence-electron chi connectivity index (χ2n) is 2.79. The molecule has 0 atom stereocenters. The van der Waals surface area contributed by atoms with Crippen molar-refractivity contribution in [1.82, 2.24) is 10.3 Å². The van der Waals surface area contributed by atoms with Gasteiger partial charge in [0.25, 0.3) is 5.91 Å². The monoisotopic (exact) mass is 206 g/mol. The van der Waals surface area contributed by atoms with Crippen molar-refractivity contribution in [3.63, 3.8) is 0 Å². The van der Waals surface area contributed by atoms with E-state index in [2.05, 4.69) is 22.1 Å². The second-order valence-corrected chi connectivity index (χ2v) is 2.79. The van der Waals surface area contributed by atoms with Crippen molar-refractivity contribution < 1.29 is 9.18 Å². The summed E-state index contributed by atoms with van der Waals surface area (Å²) in [5, 5.41) is 2.57. The van der Waals surface area contributed by atoms with Gasteiger partial charge in [0.15, 0.2) is 5.82 Å². The molecule has 0 radical (unpaired) electrons. The number of halogens is 1. The number of amides is 1. The minimum atomic E-state index is -0.614. The van der Waals surface area contributed by atoms with Crippen molar-refractivity contribution >= 4 is 5.91 Å². The largest absolute Gasteiger partial charge is 0.351 e. The Hall–Kier alpha value is -1.89. The first-order chi connectivity index (χ1) is 7.25. The zero-order chi connectivity index (χ0) is 11.1. The van der Waals surface area contributed by atoms with Crippen molar-refractivity contribution in [1.29, 1.82) is 0 Å². The maximum Gasteiger partial charge on any atom is 0.254 e. The lowest BCUT2D eigenvalue weighted by molar-refractivity contribution is 0.0950. The van der Waals surface area contributed by atoms with E-state index in [1.54, 1.807) is 6.92 Å². The first kappa shape index (κ1) is 11.2. The molecular weight excluding hydrogens is 195 g/mol. The highest BCUT2D eigenvalue weighted by molar-refractivity contribution is 5.94. The quantitative estimate of drug-likeness (QED) is 0.599. The molecule has 0 unspecified atom stereocenters. The van der Waals surface area contributed by atoms with Crippen LogP contribution in [0.5, 0.6) is 0 Å². The number of aromatic nitrogens is 1. The fourth-order valence-corrected chi connectivity index (χ4v) is 1.02. The number of pyridine rings is 1. The molecule has 3 nitrogen and oxygen atoms in total. The second kappa shape index (κ2) is 5.76. The molecule has 1 rings (SSSR count). The number of hydrogen-bond acceptors (Lipinski definition) is 2. The number of rotatable bonds is 3. The van der Waals surface area contributed by atoms with Gasteiger partial charge in [-0.1, -0.05) is 0 Å². The van der Waals surface area contributed by atoms with Crippen LogP contribution in [0.2, 0.25) is 0 Å². The highest BCUT2D eigenvalue weighted by Gasteiger charge is 2.09. The third-order valence-corrected chi connectivity index (χ3v) is 1.73. The van der Waals surface area contributed by atoms with Crippen molar-refractivity contribution in [2.24, 2.45) is 0 Å². The molecular formula is C11H11FN2O. The van der Waals surface area contributed by atoms with Gasteiger partial charge in [0, 0.05) is 19.2 Å². The number of hydrogen-bond donors (Lipinski definition) is 1.